The number of amides is 1. The molecule has 2 unspecified atom stereocenters. The molecule has 0 radical (unpaired) electrons. The van der Waals surface area contributed by atoms with Crippen LogP contribution in [-0.2, 0) is 4.79 Å². The number of carboxylic acid groups (broad SMARTS) is 1. The highest BCUT2D eigenvalue weighted by molar-refractivity contribution is 5.97. The van der Waals surface area contributed by atoms with Gasteiger partial charge in [0.15, 0.2) is 0 Å². The summed E-state index contributed by atoms with van der Waals surface area (Å²) in [5, 5.41) is 29.1. The Morgan fingerprint density at radius 1 is 1.43 bits per heavy atom. The van der Waals surface area contributed by atoms with E-state index < -0.39 is 40.5 Å². The molecule has 0 spiro atoms. The van der Waals surface area contributed by atoms with Gasteiger partial charge in [0.05, 0.1) is 11.0 Å². The Labute approximate surface area is 117 Å². The molecule has 1 aliphatic heterocycles. The van der Waals surface area contributed by atoms with E-state index in [9.17, 15) is 29.2 Å². The van der Waals surface area contributed by atoms with Gasteiger partial charge in [-0.05, 0) is 12.1 Å². The zero-order valence-corrected chi connectivity index (χ0v) is 10.6. The predicted octanol–water partition coefficient (Wildman–Crippen LogP) is 0.394. The number of rotatable bonds is 3. The number of nitro benzene ring substituents is 1. The van der Waals surface area contributed by atoms with Gasteiger partial charge in [0.25, 0.3) is 5.91 Å². The fourth-order valence-electron chi connectivity index (χ4n) is 2.22. The van der Waals surface area contributed by atoms with Gasteiger partial charge >= 0.3 is 11.7 Å². The van der Waals surface area contributed by atoms with Crippen molar-refractivity contribution in [3.05, 3.63) is 39.7 Å². The Morgan fingerprint density at radius 3 is 2.67 bits per heavy atom. The third-order valence-electron chi connectivity index (χ3n) is 3.21. The number of likely N-dealkylation sites (tertiary alicyclic amines) is 1. The highest BCUT2D eigenvalue weighted by Crippen LogP contribution is 2.24. The lowest BCUT2D eigenvalue weighted by Crippen LogP contribution is -2.40. The summed E-state index contributed by atoms with van der Waals surface area (Å²) in [6.07, 6.45) is -1.10. The first-order chi connectivity index (χ1) is 9.81. The molecule has 0 aromatic heterocycles. The van der Waals surface area contributed by atoms with Gasteiger partial charge in [-0.25, -0.2) is 4.79 Å². The maximum atomic E-state index is 13.2. The highest BCUT2D eigenvalue weighted by atomic mass is 19.1. The van der Waals surface area contributed by atoms with Crippen LogP contribution in [0.25, 0.3) is 0 Å². The van der Waals surface area contributed by atoms with Crippen LogP contribution in [0.5, 0.6) is 0 Å². The van der Waals surface area contributed by atoms with E-state index in [0.717, 1.165) is 23.1 Å². The Hall–Kier alpha value is -2.55. The summed E-state index contributed by atoms with van der Waals surface area (Å²) in [4.78, 5) is 33.8. The summed E-state index contributed by atoms with van der Waals surface area (Å²) < 4.78 is 13.2. The van der Waals surface area contributed by atoms with Crippen molar-refractivity contribution in [3.8, 4) is 0 Å². The first-order valence-electron chi connectivity index (χ1n) is 5.97. The summed E-state index contributed by atoms with van der Waals surface area (Å²) in [7, 11) is 0. The average molecular weight is 298 g/mol. The molecule has 1 saturated heterocycles. The average Bonchev–Trinajstić information content (AvgIpc) is 2.80. The molecular formula is C12H11FN2O6. The molecule has 0 saturated carbocycles. The Balaban J connectivity index is 2.33. The SMILES string of the molecule is O=C(O)C1CC(O)CN1C(=O)c1ccc(F)c([N+](=O)[O-])c1. The summed E-state index contributed by atoms with van der Waals surface area (Å²) in [5.41, 5.74) is -1.07. The molecule has 1 aromatic rings. The number of nitro groups is 1. The van der Waals surface area contributed by atoms with Gasteiger partial charge in [-0.1, -0.05) is 0 Å². The molecule has 21 heavy (non-hydrogen) atoms. The standard InChI is InChI=1S/C12H11FN2O6/c13-8-2-1-6(3-9(8)15(20)21)11(17)14-5-7(16)4-10(14)12(18)19/h1-3,7,10,16H,4-5H2,(H,18,19). The van der Waals surface area contributed by atoms with E-state index in [2.05, 4.69) is 0 Å². The van der Waals surface area contributed by atoms with E-state index >= 15 is 0 Å². The summed E-state index contributed by atoms with van der Waals surface area (Å²) in [6.45, 7) is -0.193. The Morgan fingerprint density at radius 2 is 2.10 bits per heavy atom. The monoisotopic (exact) mass is 298 g/mol. The highest BCUT2D eigenvalue weighted by Gasteiger charge is 2.39. The molecule has 2 atom stereocenters. The summed E-state index contributed by atoms with van der Waals surface area (Å²) >= 11 is 0. The Kier molecular flexibility index (Phi) is 3.85. The van der Waals surface area contributed by atoms with Crippen LogP contribution in [0.1, 0.15) is 16.8 Å². The van der Waals surface area contributed by atoms with E-state index in [0.29, 0.717) is 0 Å². The number of halogens is 1. The second-order valence-electron chi connectivity index (χ2n) is 4.62. The van der Waals surface area contributed by atoms with Gasteiger partial charge in [0, 0.05) is 24.6 Å². The van der Waals surface area contributed by atoms with E-state index in [4.69, 9.17) is 5.11 Å². The number of hydrogen-bond donors (Lipinski definition) is 2. The number of carbonyl (C=O) groups excluding carboxylic acids is 1. The van der Waals surface area contributed by atoms with Gasteiger partial charge in [-0.15, -0.1) is 0 Å². The van der Waals surface area contributed by atoms with Crippen molar-refractivity contribution in [1.82, 2.24) is 4.90 Å². The number of aliphatic hydroxyl groups excluding tert-OH is 1. The molecule has 0 bridgehead atoms. The second kappa shape index (κ2) is 5.44. The molecule has 1 aliphatic rings. The third kappa shape index (κ3) is 2.82. The quantitative estimate of drug-likeness (QED) is 0.615. The lowest BCUT2D eigenvalue weighted by atomic mass is 10.1. The third-order valence-corrected chi connectivity index (χ3v) is 3.21. The van der Waals surface area contributed by atoms with Crippen LogP contribution in [0.15, 0.2) is 18.2 Å². The van der Waals surface area contributed by atoms with Crippen LogP contribution >= 0.6 is 0 Å². The number of nitrogens with zero attached hydrogens (tertiary/aromatic N) is 2. The normalized spacial score (nSPS) is 21.3. The molecule has 2 N–H and O–H groups in total. The number of β-amino-alcohol motifs (C(OH)–C–C–N with tert-alkyl or cyclic N) is 1. The number of carbonyl (C=O) groups is 2. The van der Waals surface area contributed by atoms with E-state index in [1.807, 2.05) is 0 Å². The van der Waals surface area contributed by atoms with E-state index in [-0.39, 0.29) is 18.5 Å². The zero-order valence-electron chi connectivity index (χ0n) is 10.6. The van der Waals surface area contributed by atoms with Crippen LogP contribution in [0.4, 0.5) is 10.1 Å². The Bertz CT molecular complexity index is 620. The maximum absolute atomic E-state index is 13.2. The molecule has 8 nitrogen and oxygen atoms in total. The van der Waals surface area contributed by atoms with Crippen molar-refractivity contribution in [1.29, 1.82) is 0 Å². The van der Waals surface area contributed by atoms with Crippen LogP contribution in [-0.4, -0.2) is 50.6 Å². The van der Waals surface area contributed by atoms with Gasteiger partial charge < -0.3 is 15.1 Å². The molecular weight excluding hydrogens is 287 g/mol. The van der Waals surface area contributed by atoms with Crippen molar-refractivity contribution in [3.63, 3.8) is 0 Å². The molecule has 2 rings (SSSR count). The predicted molar refractivity (Wildman–Crippen MR) is 66.1 cm³/mol. The van der Waals surface area contributed by atoms with E-state index in [1.54, 1.807) is 0 Å². The number of carboxylic acids is 1. The van der Waals surface area contributed by atoms with Gasteiger partial charge in [0.1, 0.15) is 6.04 Å². The van der Waals surface area contributed by atoms with Gasteiger partial charge in [-0.2, -0.15) is 4.39 Å². The van der Waals surface area contributed by atoms with Crippen molar-refractivity contribution in [2.45, 2.75) is 18.6 Å². The van der Waals surface area contributed by atoms with Crippen LogP contribution in [0.2, 0.25) is 0 Å². The minimum absolute atomic E-state index is 0.121. The topological polar surface area (TPSA) is 121 Å². The fourth-order valence-corrected chi connectivity index (χ4v) is 2.22. The molecule has 1 heterocycles. The van der Waals surface area contributed by atoms with E-state index in [1.165, 1.54) is 0 Å². The fraction of sp³-hybridized carbons (Fsp3) is 0.333. The lowest BCUT2D eigenvalue weighted by molar-refractivity contribution is -0.387. The molecule has 0 aliphatic carbocycles. The smallest absolute Gasteiger partial charge is 0.326 e. The molecule has 112 valence electrons. The minimum Gasteiger partial charge on any atom is -0.480 e. The van der Waals surface area contributed by atoms with Crippen LogP contribution in [0.3, 0.4) is 0 Å². The lowest BCUT2D eigenvalue weighted by Gasteiger charge is -2.21. The largest absolute Gasteiger partial charge is 0.480 e. The number of hydrogen-bond acceptors (Lipinski definition) is 5. The van der Waals surface area contributed by atoms with Crippen molar-refractivity contribution < 1.29 is 29.1 Å². The maximum Gasteiger partial charge on any atom is 0.326 e. The zero-order chi connectivity index (χ0) is 15.7. The molecule has 1 fully saturated rings. The van der Waals surface area contributed by atoms with Crippen LogP contribution in [0, 0.1) is 15.9 Å². The second-order valence-corrected chi connectivity index (χ2v) is 4.62. The number of benzene rings is 1. The molecule has 1 aromatic carbocycles. The first-order valence-corrected chi connectivity index (χ1v) is 5.97. The summed E-state index contributed by atoms with van der Waals surface area (Å²) in [5.74, 6) is -3.17. The van der Waals surface area contributed by atoms with Gasteiger partial charge in [-0.3, -0.25) is 14.9 Å². The number of aliphatic hydroxyl groups is 1. The minimum atomic E-state index is -1.28. The first kappa shape index (κ1) is 14.9. The molecule has 9 heteroatoms. The number of aliphatic carboxylic acids is 1. The van der Waals surface area contributed by atoms with Crippen molar-refractivity contribution in [2.75, 3.05) is 6.54 Å². The van der Waals surface area contributed by atoms with Crippen molar-refractivity contribution >= 4 is 17.6 Å². The molecule has 1 amide bonds. The summed E-state index contributed by atoms with van der Waals surface area (Å²) in [6, 6.07) is 1.35. The van der Waals surface area contributed by atoms with Gasteiger partial charge in [0.2, 0.25) is 5.82 Å². The van der Waals surface area contributed by atoms with Crippen LogP contribution < -0.4 is 0 Å². The van der Waals surface area contributed by atoms with Crippen molar-refractivity contribution in [2.24, 2.45) is 0 Å².